The summed E-state index contributed by atoms with van der Waals surface area (Å²) in [7, 11) is 0. The van der Waals surface area contributed by atoms with Gasteiger partial charge in [-0.1, -0.05) is 6.58 Å². The molecule has 1 aromatic carbocycles. The lowest BCUT2D eigenvalue weighted by Crippen LogP contribution is -2.16. The molecule has 1 aromatic rings. The van der Waals surface area contributed by atoms with Crippen LogP contribution in [0.5, 0.6) is 5.75 Å². The quantitative estimate of drug-likeness (QED) is 0.441. The largest absolute Gasteiger partial charge is 0.478 e. The molecule has 1 rings (SSSR count). The molecule has 0 aliphatic carbocycles. The Labute approximate surface area is 98.0 Å². The topological polar surface area (TPSA) is 83.8 Å². The highest BCUT2D eigenvalue weighted by atomic mass is 16.6. The van der Waals surface area contributed by atoms with Gasteiger partial charge in [0.15, 0.2) is 0 Å². The number of benzene rings is 1. The van der Waals surface area contributed by atoms with Crippen molar-refractivity contribution in [3.8, 4) is 5.75 Å². The predicted octanol–water partition coefficient (Wildman–Crippen LogP) is 1.23. The zero-order valence-electron chi connectivity index (χ0n) is 9.00. The van der Waals surface area contributed by atoms with Crippen LogP contribution in [0.4, 0.5) is 0 Å². The van der Waals surface area contributed by atoms with E-state index in [1.165, 1.54) is 24.3 Å². The highest BCUT2D eigenvalue weighted by Gasteiger charge is 2.08. The SMILES string of the molecule is C=C(C=O)CC(O)Oc1ccc(C(=O)O)cc1. The van der Waals surface area contributed by atoms with E-state index in [4.69, 9.17) is 9.84 Å². The molecule has 0 aliphatic rings. The second-order valence-corrected chi connectivity index (χ2v) is 3.38. The van der Waals surface area contributed by atoms with Crippen LogP contribution in [0.1, 0.15) is 16.8 Å². The molecular weight excluding hydrogens is 224 g/mol. The minimum absolute atomic E-state index is 0.00415. The number of hydrogen-bond donors (Lipinski definition) is 2. The van der Waals surface area contributed by atoms with Crippen LogP contribution in [0, 0.1) is 0 Å². The number of carbonyl (C=O) groups excluding carboxylic acids is 1. The van der Waals surface area contributed by atoms with Gasteiger partial charge in [-0.25, -0.2) is 4.79 Å². The summed E-state index contributed by atoms with van der Waals surface area (Å²) in [5.41, 5.74) is 0.351. The van der Waals surface area contributed by atoms with E-state index in [2.05, 4.69) is 6.58 Å². The molecule has 0 amide bonds. The number of hydrogen-bond acceptors (Lipinski definition) is 4. The van der Waals surface area contributed by atoms with Gasteiger partial charge in [-0.05, 0) is 29.8 Å². The predicted molar refractivity (Wildman–Crippen MR) is 59.9 cm³/mol. The van der Waals surface area contributed by atoms with Crippen LogP contribution in [-0.4, -0.2) is 28.8 Å². The summed E-state index contributed by atoms with van der Waals surface area (Å²) in [6.07, 6.45) is -0.632. The third-order valence-corrected chi connectivity index (χ3v) is 1.98. The first kappa shape index (κ1) is 12.9. The van der Waals surface area contributed by atoms with Crippen molar-refractivity contribution >= 4 is 12.3 Å². The summed E-state index contributed by atoms with van der Waals surface area (Å²) in [4.78, 5) is 20.9. The molecule has 0 heterocycles. The van der Waals surface area contributed by atoms with E-state index >= 15 is 0 Å². The Hall–Kier alpha value is -2.14. The molecule has 0 saturated heterocycles. The van der Waals surface area contributed by atoms with E-state index in [9.17, 15) is 14.7 Å². The van der Waals surface area contributed by atoms with Gasteiger partial charge in [0.05, 0.1) is 5.56 Å². The maximum absolute atomic E-state index is 10.6. The van der Waals surface area contributed by atoms with Crippen molar-refractivity contribution in [2.45, 2.75) is 12.7 Å². The molecule has 5 nitrogen and oxygen atoms in total. The Morgan fingerprint density at radius 2 is 2.00 bits per heavy atom. The molecule has 1 atom stereocenters. The molecule has 0 bridgehead atoms. The van der Waals surface area contributed by atoms with Crippen molar-refractivity contribution in [1.82, 2.24) is 0 Å². The third kappa shape index (κ3) is 4.08. The number of aliphatic hydroxyl groups is 1. The summed E-state index contributed by atoms with van der Waals surface area (Å²) in [5.74, 6) is -0.715. The monoisotopic (exact) mass is 236 g/mol. The van der Waals surface area contributed by atoms with E-state index in [1.807, 2.05) is 0 Å². The summed E-state index contributed by atoms with van der Waals surface area (Å²) in [6, 6.07) is 5.57. The van der Waals surface area contributed by atoms with Crippen LogP contribution in [-0.2, 0) is 4.79 Å². The van der Waals surface area contributed by atoms with Crippen molar-refractivity contribution in [3.63, 3.8) is 0 Å². The number of carboxylic acid groups (broad SMARTS) is 1. The molecule has 2 N–H and O–H groups in total. The van der Waals surface area contributed by atoms with Gasteiger partial charge in [-0.3, -0.25) is 4.79 Å². The van der Waals surface area contributed by atoms with Crippen molar-refractivity contribution in [1.29, 1.82) is 0 Å². The third-order valence-electron chi connectivity index (χ3n) is 1.98. The number of aldehydes is 1. The van der Waals surface area contributed by atoms with E-state index < -0.39 is 12.3 Å². The first-order valence-corrected chi connectivity index (χ1v) is 4.84. The van der Waals surface area contributed by atoms with Crippen LogP contribution in [0.15, 0.2) is 36.4 Å². The Balaban J connectivity index is 2.59. The summed E-state index contributed by atoms with van der Waals surface area (Å²) < 4.78 is 5.06. The highest BCUT2D eigenvalue weighted by Crippen LogP contribution is 2.15. The normalized spacial score (nSPS) is 11.6. The van der Waals surface area contributed by atoms with Gasteiger partial charge in [-0.15, -0.1) is 0 Å². The van der Waals surface area contributed by atoms with Crippen LogP contribution in [0.25, 0.3) is 0 Å². The lowest BCUT2D eigenvalue weighted by atomic mass is 10.2. The number of carbonyl (C=O) groups is 2. The molecule has 0 spiro atoms. The Bertz CT molecular complexity index is 421. The van der Waals surface area contributed by atoms with Gasteiger partial charge in [-0.2, -0.15) is 0 Å². The van der Waals surface area contributed by atoms with Gasteiger partial charge in [0, 0.05) is 6.42 Å². The number of aromatic carboxylic acids is 1. The Kier molecular flexibility index (Phi) is 4.42. The standard InChI is InChI=1S/C12H12O5/c1-8(7-13)6-11(14)17-10-4-2-9(3-5-10)12(15)16/h2-5,7,11,14H,1,6H2,(H,15,16). The molecule has 0 aromatic heterocycles. The molecule has 90 valence electrons. The van der Waals surface area contributed by atoms with E-state index in [1.54, 1.807) is 0 Å². The van der Waals surface area contributed by atoms with Gasteiger partial charge in [0.25, 0.3) is 0 Å². The minimum Gasteiger partial charge on any atom is -0.478 e. The maximum atomic E-state index is 10.6. The summed E-state index contributed by atoms with van der Waals surface area (Å²) in [6.45, 7) is 3.41. The van der Waals surface area contributed by atoms with Gasteiger partial charge >= 0.3 is 5.97 Å². The highest BCUT2D eigenvalue weighted by molar-refractivity contribution is 5.87. The van der Waals surface area contributed by atoms with Crippen LogP contribution >= 0.6 is 0 Å². The van der Waals surface area contributed by atoms with E-state index in [-0.39, 0.29) is 17.6 Å². The minimum atomic E-state index is -1.18. The fourth-order valence-corrected chi connectivity index (χ4v) is 1.15. The van der Waals surface area contributed by atoms with Gasteiger partial charge in [0.2, 0.25) is 6.29 Å². The van der Waals surface area contributed by atoms with Crippen molar-refractivity contribution in [2.24, 2.45) is 0 Å². The first-order valence-electron chi connectivity index (χ1n) is 4.84. The number of ether oxygens (including phenoxy) is 1. The van der Waals surface area contributed by atoms with Crippen LogP contribution in [0.3, 0.4) is 0 Å². The Morgan fingerprint density at radius 3 is 2.47 bits per heavy atom. The lowest BCUT2D eigenvalue weighted by Gasteiger charge is -2.12. The van der Waals surface area contributed by atoms with Gasteiger partial charge in [0.1, 0.15) is 12.0 Å². The molecule has 0 aliphatic heterocycles. The second-order valence-electron chi connectivity index (χ2n) is 3.38. The second kappa shape index (κ2) is 5.81. The molecule has 0 saturated carbocycles. The van der Waals surface area contributed by atoms with Crippen LogP contribution < -0.4 is 4.74 Å². The smallest absolute Gasteiger partial charge is 0.335 e. The fourth-order valence-electron chi connectivity index (χ4n) is 1.15. The molecule has 0 fully saturated rings. The molecule has 0 radical (unpaired) electrons. The molecule has 5 heteroatoms. The fraction of sp³-hybridized carbons (Fsp3) is 0.167. The first-order chi connectivity index (χ1) is 8.02. The molecule has 17 heavy (non-hydrogen) atoms. The van der Waals surface area contributed by atoms with Crippen molar-refractivity contribution in [2.75, 3.05) is 0 Å². The zero-order valence-corrected chi connectivity index (χ0v) is 9.00. The molecule has 1 unspecified atom stereocenters. The van der Waals surface area contributed by atoms with E-state index in [0.29, 0.717) is 12.0 Å². The average molecular weight is 236 g/mol. The summed E-state index contributed by atoms with van der Waals surface area (Å²) in [5, 5.41) is 18.1. The van der Waals surface area contributed by atoms with Crippen molar-refractivity contribution < 1.29 is 24.5 Å². The zero-order chi connectivity index (χ0) is 12.8. The number of rotatable bonds is 6. The van der Waals surface area contributed by atoms with Gasteiger partial charge < -0.3 is 14.9 Å². The average Bonchev–Trinajstić information content (AvgIpc) is 2.29. The molecular formula is C12H12O5. The van der Waals surface area contributed by atoms with E-state index in [0.717, 1.165) is 0 Å². The maximum Gasteiger partial charge on any atom is 0.335 e. The van der Waals surface area contributed by atoms with Crippen molar-refractivity contribution in [3.05, 3.63) is 42.0 Å². The lowest BCUT2D eigenvalue weighted by molar-refractivity contribution is -0.105. The Morgan fingerprint density at radius 1 is 1.41 bits per heavy atom. The van der Waals surface area contributed by atoms with Crippen LogP contribution in [0.2, 0.25) is 0 Å². The summed E-state index contributed by atoms with van der Waals surface area (Å²) >= 11 is 0. The number of carboxylic acids is 1. The number of aliphatic hydroxyl groups excluding tert-OH is 1.